The van der Waals surface area contributed by atoms with Crippen molar-refractivity contribution in [1.82, 2.24) is 25.5 Å². The van der Waals surface area contributed by atoms with Crippen LogP contribution < -0.4 is 5.32 Å². The molecule has 0 fully saturated rings. The van der Waals surface area contributed by atoms with Crippen molar-refractivity contribution in [2.75, 3.05) is 13.6 Å². The van der Waals surface area contributed by atoms with E-state index in [2.05, 4.69) is 45.0 Å². The van der Waals surface area contributed by atoms with Crippen LogP contribution in [0.1, 0.15) is 23.7 Å². The SMILES string of the molecule is CNCC(CCc1nnn(C)n1)c1ccccc1. The van der Waals surface area contributed by atoms with E-state index in [0.717, 1.165) is 25.2 Å². The van der Waals surface area contributed by atoms with Crippen molar-refractivity contribution in [1.29, 1.82) is 0 Å². The van der Waals surface area contributed by atoms with Gasteiger partial charge in [0.2, 0.25) is 0 Å². The Hall–Kier alpha value is -1.75. The zero-order valence-corrected chi connectivity index (χ0v) is 10.9. The molecule has 2 aromatic rings. The third kappa shape index (κ3) is 3.37. The average molecular weight is 245 g/mol. The molecule has 0 amide bonds. The van der Waals surface area contributed by atoms with Gasteiger partial charge in [0.25, 0.3) is 0 Å². The first-order chi connectivity index (χ1) is 8.79. The van der Waals surface area contributed by atoms with Crippen LogP contribution in [0.2, 0.25) is 0 Å². The number of tetrazole rings is 1. The molecule has 1 atom stereocenters. The Morgan fingerprint density at radius 1 is 1.28 bits per heavy atom. The second-order valence-electron chi connectivity index (χ2n) is 4.40. The van der Waals surface area contributed by atoms with E-state index in [1.807, 2.05) is 13.1 Å². The molecule has 18 heavy (non-hydrogen) atoms. The highest BCUT2D eigenvalue weighted by Gasteiger charge is 2.12. The summed E-state index contributed by atoms with van der Waals surface area (Å²) in [4.78, 5) is 1.50. The lowest BCUT2D eigenvalue weighted by molar-refractivity contribution is 0.572. The lowest BCUT2D eigenvalue weighted by Gasteiger charge is -2.15. The summed E-state index contributed by atoms with van der Waals surface area (Å²) in [5, 5.41) is 15.3. The molecule has 0 saturated carbocycles. The predicted octanol–water partition coefficient (Wildman–Crippen LogP) is 1.15. The second kappa shape index (κ2) is 6.26. The first-order valence-electron chi connectivity index (χ1n) is 6.22. The molecule has 1 unspecified atom stereocenters. The highest BCUT2D eigenvalue weighted by molar-refractivity contribution is 5.20. The van der Waals surface area contributed by atoms with E-state index >= 15 is 0 Å². The molecule has 1 aromatic carbocycles. The molecule has 1 aromatic heterocycles. The van der Waals surface area contributed by atoms with Gasteiger partial charge in [-0.15, -0.1) is 10.2 Å². The van der Waals surface area contributed by atoms with Gasteiger partial charge in [-0.3, -0.25) is 0 Å². The van der Waals surface area contributed by atoms with Crippen LogP contribution in [0.5, 0.6) is 0 Å². The van der Waals surface area contributed by atoms with Gasteiger partial charge in [0.05, 0.1) is 7.05 Å². The number of aryl methyl sites for hydroxylation is 2. The quantitative estimate of drug-likeness (QED) is 0.829. The Morgan fingerprint density at radius 3 is 2.67 bits per heavy atom. The van der Waals surface area contributed by atoms with Crippen LogP contribution in [0.15, 0.2) is 30.3 Å². The number of benzene rings is 1. The normalized spacial score (nSPS) is 12.6. The molecule has 1 N–H and O–H groups in total. The zero-order valence-electron chi connectivity index (χ0n) is 10.9. The molecular weight excluding hydrogens is 226 g/mol. The largest absolute Gasteiger partial charge is 0.319 e. The van der Waals surface area contributed by atoms with E-state index in [0.29, 0.717) is 5.92 Å². The van der Waals surface area contributed by atoms with Crippen LogP contribution >= 0.6 is 0 Å². The number of hydrogen-bond acceptors (Lipinski definition) is 4. The molecule has 0 saturated heterocycles. The maximum absolute atomic E-state index is 4.21. The predicted molar refractivity (Wildman–Crippen MR) is 70.2 cm³/mol. The molecule has 5 heteroatoms. The third-order valence-corrected chi connectivity index (χ3v) is 2.99. The minimum atomic E-state index is 0.486. The van der Waals surface area contributed by atoms with Crippen molar-refractivity contribution >= 4 is 0 Å². The summed E-state index contributed by atoms with van der Waals surface area (Å²) >= 11 is 0. The molecule has 96 valence electrons. The number of nitrogens with zero attached hydrogens (tertiary/aromatic N) is 4. The summed E-state index contributed by atoms with van der Waals surface area (Å²) in [5.41, 5.74) is 1.36. The number of nitrogens with one attached hydrogen (secondary N) is 1. The molecular formula is C13H19N5. The average Bonchev–Trinajstić information content (AvgIpc) is 2.81. The highest BCUT2D eigenvalue weighted by atomic mass is 15.6. The topological polar surface area (TPSA) is 55.6 Å². The summed E-state index contributed by atoms with van der Waals surface area (Å²) < 4.78 is 0. The van der Waals surface area contributed by atoms with Crippen LogP contribution in [0, 0.1) is 0 Å². The van der Waals surface area contributed by atoms with E-state index in [1.165, 1.54) is 10.4 Å². The fourth-order valence-electron chi connectivity index (χ4n) is 2.08. The standard InChI is InChI=1S/C13H19N5/c1-14-10-12(11-6-4-3-5-7-11)8-9-13-15-17-18(2)16-13/h3-7,12,14H,8-10H2,1-2H3. The maximum Gasteiger partial charge on any atom is 0.174 e. The fourth-order valence-corrected chi connectivity index (χ4v) is 2.08. The molecule has 0 radical (unpaired) electrons. The minimum absolute atomic E-state index is 0.486. The Bertz CT molecular complexity index is 465. The van der Waals surface area contributed by atoms with Gasteiger partial charge < -0.3 is 5.32 Å². The molecule has 5 nitrogen and oxygen atoms in total. The zero-order chi connectivity index (χ0) is 12.8. The van der Waals surface area contributed by atoms with Crippen molar-refractivity contribution in [3.05, 3.63) is 41.7 Å². The molecule has 0 aliphatic carbocycles. The third-order valence-electron chi connectivity index (χ3n) is 2.99. The molecule has 0 bridgehead atoms. The van der Waals surface area contributed by atoms with Crippen molar-refractivity contribution in [3.63, 3.8) is 0 Å². The van der Waals surface area contributed by atoms with Crippen molar-refractivity contribution in [2.24, 2.45) is 7.05 Å². The van der Waals surface area contributed by atoms with E-state index in [-0.39, 0.29) is 0 Å². The van der Waals surface area contributed by atoms with E-state index in [1.54, 1.807) is 7.05 Å². The van der Waals surface area contributed by atoms with Gasteiger partial charge in [-0.25, -0.2) is 0 Å². The van der Waals surface area contributed by atoms with Gasteiger partial charge in [0.15, 0.2) is 5.82 Å². The molecule has 2 rings (SSSR count). The lowest BCUT2D eigenvalue weighted by Crippen LogP contribution is -2.18. The number of likely N-dealkylation sites (N-methyl/N-ethyl adjacent to an activating group) is 1. The van der Waals surface area contributed by atoms with Gasteiger partial charge in [-0.05, 0) is 30.2 Å². The van der Waals surface area contributed by atoms with Gasteiger partial charge in [0.1, 0.15) is 0 Å². The molecule has 0 spiro atoms. The van der Waals surface area contributed by atoms with Gasteiger partial charge >= 0.3 is 0 Å². The summed E-state index contributed by atoms with van der Waals surface area (Å²) in [6, 6.07) is 10.6. The Balaban J connectivity index is 1.98. The van der Waals surface area contributed by atoms with Crippen molar-refractivity contribution in [3.8, 4) is 0 Å². The monoisotopic (exact) mass is 245 g/mol. The van der Waals surface area contributed by atoms with E-state index < -0.39 is 0 Å². The summed E-state index contributed by atoms with van der Waals surface area (Å²) in [7, 11) is 3.77. The number of aromatic nitrogens is 4. The van der Waals surface area contributed by atoms with Crippen LogP contribution in [0.25, 0.3) is 0 Å². The van der Waals surface area contributed by atoms with Crippen LogP contribution in [0.3, 0.4) is 0 Å². The van der Waals surface area contributed by atoms with Crippen LogP contribution in [-0.4, -0.2) is 33.8 Å². The number of hydrogen-bond donors (Lipinski definition) is 1. The van der Waals surface area contributed by atoms with Gasteiger partial charge in [-0.1, -0.05) is 30.3 Å². The minimum Gasteiger partial charge on any atom is -0.319 e. The van der Waals surface area contributed by atoms with Crippen LogP contribution in [-0.2, 0) is 13.5 Å². The van der Waals surface area contributed by atoms with E-state index in [4.69, 9.17) is 0 Å². The van der Waals surface area contributed by atoms with Crippen LogP contribution in [0.4, 0.5) is 0 Å². The van der Waals surface area contributed by atoms with Crippen molar-refractivity contribution in [2.45, 2.75) is 18.8 Å². The summed E-state index contributed by atoms with van der Waals surface area (Å²) in [6.07, 6.45) is 1.88. The summed E-state index contributed by atoms with van der Waals surface area (Å²) in [5.74, 6) is 1.30. The first kappa shape index (κ1) is 12.7. The fraction of sp³-hybridized carbons (Fsp3) is 0.462. The maximum atomic E-state index is 4.21. The number of rotatable bonds is 6. The highest BCUT2D eigenvalue weighted by Crippen LogP contribution is 2.19. The molecule has 0 aliphatic heterocycles. The molecule has 1 heterocycles. The van der Waals surface area contributed by atoms with Gasteiger partial charge in [0, 0.05) is 13.0 Å². The molecule has 0 aliphatic rings. The Morgan fingerprint density at radius 2 is 2.06 bits per heavy atom. The van der Waals surface area contributed by atoms with Crippen molar-refractivity contribution < 1.29 is 0 Å². The van der Waals surface area contributed by atoms with E-state index in [9.17, 15) is 0 Å². The Kier molecular flexibility index (Phi) is 4.41. The van der Waals surface area contributed by atoms with Gasteiger partial charge in [-0.2, -0.15) is 4.80 Å². The second-order valence-corrected chi connectivity index (χ2v) is 4.40. The summed E-state index contributed by atoms with van der Waals surface area (Å²) in [6.45, 7) is 0.963. The Labute approximate surface area is 107 Å². The first-order valence-corrected chi connectivity index (χ1v) is 6.22. The smallest absolute Gasteiger partial charge is 0.174 e. The lowest BCUT2D eigenvalue weighted by atomic mass is 9.94.